The van der Waals surface area contributed by atoms with Gasteiger partial charge in [-0.2, -0.15) is 0 Å². The number of ether oxygens (including phenoxy) is 1. The molecule has 2 saturated heterocycles. The molecule has 2 N–H and O–H groups in total. The molecule has 0 radical (unpaired) electrons. The molecule has 0 aromatic heterocycles. The number of urea groups is 1. The minimum atomic E-state index is -1.46. The average Bonchev–Trinajstić information content (AvgIpc) is 3.50. The zero-order valence-corrected chi connectivity index (χ0v) is 21.7. The number of imide groups is 1. The monoisotopic (exact) mass is 522 g/mol. The van der Waals surface area contributed by atoms with E-state index in [-0.39, 0.29) is 36.3 Å². The van der Waals surface area contributed by atoms with E-state index in [1.54, 1.807) is 29.2 Å². The molecule has 5 amide bonds. The lowest BCUT2D eigenvalue weighted by molar-refractivity contribution is -0.143. The molecule has 2 fully saturated rings. The first-order chi connectivity index (χ1) is 18.1. The third kappa shape index (κ3) is 4.37. The van der Waals surface area contributed by atoms with Crippen LogP contribution in [0.5, 0.6) is 0 Å². The van der Waals surface area contributed by atoms with E-state index >= 15 is 0 Å². The predicted octanol–water partition coefficient (Wildman–Crippen LogP) is 3.63. The number of benzene rings is 2. The number of amides is 5. The van der Waals surface area contributed by atoms with E-state index < -0.39 is 24.1 Å². The highest BCUT2D eigenvalue weighted by Gasteiger charge is 2.58. The number of hydrogen-bond donors (Lipinski definition) is 2. The maximum atomic E-state index is 13.6. The summed E-state index contributed by atoms with van der Waals surface area (Å²) in [7, 11) is 1.51. The van der Waals surface area contributed by atoms with Gasteiger partial charge in [0.05, 0.1) is 0 Å². The van der Waals surface area contributed by atoms with Gasteiger partial charge >= 0.3 is 12.1 Å². The van der Waals surface area contributed by atoms with E-state index in [4.69, 9.17) is 4.74 Å². The van der Waals surface area contributed by atoms with Gasteiger partial charge in [-0.3, -0.25) is 9.59 Å². The van der Waals surface area contributed by atoms with E-state index in [0.717, 1.165) is 34.4 Å². The molecular weight excluding hydrogens is 491 g/mol. The molecule has 10 heteroatoms. The molecule has 0 bridgehead atoms. The Balaban J connectivity index is 1.32. The van der Waals surface area contributed by atoms with Crippen LogP contribution in [0.4, 0.5) is 19.7 Å². The summed E-state index contributed by atoms with van der Waals surface area (Å²) >= 11 is 0. The van der Waals surface area contributed by atoms with Crippen LogP contribution in [0.2, 0.25) is 0 Å². The molecule has 38 heavy (non-hydrogen) atoms. The van der Waals surface area contributed by atoms with E-state index in [1.807, 2.05) is 13.8 Å². The number of nitrogens with one attached hydrogen (secondary N) is 2. The van der Waals surface area contributed by atoms with E-state index in [2.05, 4.69) is 10.6 Å². The standard InChI is InChI=1S/C28H31FN4O5/c1-16-12-20(29)6-5-18(16)14-22-8-4-17(2)33(22)24(34)15-32-25(35)28(38-27(32)37)11-10-19-13-21(7-9-23(19)28)31-26(36)30-3/h5-7,9,12-13,17,22H,4,8,10-11,14-15H2,1-3H3,(H2,30,31,36)/t17-,22?,28-/m1/s1. The van der Waals surface area contributed by atoms with Crippen LogP contribution in [0.25, 0.3) is 0 Å². The number of nitrogens with zero attached hydrogens (tertiary/aromatic N) is 2. The minimum Gasteiger partial charge on any atom is -0.427 e. The largest absolute Gasteiger partial charge is 0.427 e. The minimum absolute atomic E-state index is 0.0469. The highest BCUT2D eigenvalue weighted by Crippen LogP contribution is 2.46. The SMILES string of the molecule is CNC(=O)Nc1ccc2c(c1)CC[C@@]21OC(=O)N(CC(=O)N2C(Cc3ccc(F)cc3C)CC[C@H]2C)C1=O. The molecule has 2 heterocycles. The summed E-state index contributed by atoms with van der Waals surface area (Å²) < 4.78 is 19.2. The first-order valence-electron chi connectivity index (χ1n) is 12.9. The Morgan fingerprint density at radius 3 is 2.68 bits per heavy atom. The summed E-state index contributed by atoms with van der Waals surface area (Å²) in [6.07, 6.45) is 2.09. The molecule has 0 saturated carbocycles. The fourth-order valence-electron chi connectivity index (χ4n) is 6.01. The lowest BCUT2D eigenvalue weighted by Crippen LogP contribution is -2.48. The molecule has 1 unspecified atom stereocenters. The van der Waals surface area contributed by atoms with Crippen LogP contribution in [0.15, 0.2) is 36.4 Å². The molecule has 5 rings (SSSR count). The Kier molecular flexibility index (Phi) is 6.58. The molecule has 2 aliphatic heterocycles. The van der Waals surface area contributed by atoms with Crippen LogP contribution < -0.4 is 10.6 Å². The molecule has 1 aliphatic carbocycles. The lowest BCUT2D eigenvalue weighted by Gasteiger charge is -2.30. The van der Waals surface area contributed by atoms with Crippen molar-refractivity contribution in [3.05, 3.63) is 64.5 Å². The summed E-state index contributed by atoms with van der Waals surface area (Å²) in [6, 6.07) is 9.23. The molecular formula is C28H31FN4O5. The number of rotatable bonds is 5. The zero-order valence-electron chi connectivity index (χ0n) is 21.7. The van der Waals surface area contributed by atoms with Crippen molar-refractivity contribution in [2.75, 3.05) is 18.9 Å². The maximum absolute atomic E-state index is 13.6. The van der Waals surface area contributed by atoms with Gasteiger partial charge in [0.25, 0.3) is 5.91 Å². The van der Waals surface area contributed by atoms with Gasteiger partial charge in [-0.25, -0.2) is 18.9 Å². The average molecular weight is 523 g/mol. The molecule has 2 aromatic carbocycles. The number of hydrogen-bond acceptors (Lipinski definition) is 5. The molecule has 3 atom stereocenters. The Morgan fingerprint density at radius 1 is 1.16 bits per heavy atom. The van der Waals surface area contributed by atoms with Crippen LogP contribution in [0.3, 0.4) is 0 Å². The van der Waals surface area contributed by atoms with Gasteiger partial charge < -0.3 is 20.3 Å². The fraction of sp³-hybridized carbons (Fsp3) is 0.429. The number of carbonyl (C=O) groups is 4. The van der Waals surface area contributed by atoms with Gasteiger partial charge in [-0.15, -0.1) is 0 Å². The first-order valence-corrected chi connectivity index (χ1v) is 12.9. The summed E-state index contributed by atoms with van der Waals surface area (Å²) in [5.41, 5.74) is 2.27. The summed E-state index contributed by atoms with van der Waals surface area (Å²) in [6.45, 7) is 3.41. The van der Waals surface area contributed by atoms with Gasteiger partial charge in [-0.1, -0.05) is 12.1 Å². The maximum Gasteiger partial charge on any atom is 0.418 e. The number of halogens is 1. The van der Waals surface area contributed by atoms with E-state index in [0.29, 0.717) is 24.1 Å². The van der Waals surface area contributed by atoms with Crippen molar-refractivity contribution in [1.82, 2.24) is 15.1 Å². The number of aryl methyl sites for hydroxylation is 2. The van der Waals surface area contributed by atoms with Crippen molar-refractivity contribution in [1.29, 1.82) is 0 Å². The highest BCUT2D eigenvalue weighted by molar-refractivity contribution is 6.06. The molecule has 1 spiro atoms. The zero-order chi connectivity index (χ0) is 27.2. The van der Waals surface area contributed by atoms with Crippen LogP contribution in [0, 0.1) is 12.7 Å². The highest BCUT2D eigenvalue weighted by atomic mass is 19.1. The number of likely N-dealkylation sites (tertiary alicyclic amines) is 1. The Bertz CT molecular complexity index is 1330. The molecule has 3 aliphatic rings. The van der Waals surface area contributed by atoms with Gasteiger partial charge in [0.2, 0.25) is 11.5 Å². The third-order valence-corrected chi connectivity index (χ3v) is 7.97. The normalized spacial score (nSPS) is 24.1. The van der Waals surface area contributed by atoms with Gasteiger partial charge in [0.1, 0.15) is 12.4 Å². The summed E-state index contributed by atoms with van der Waals surface area (Å²) in [4.78, 5) is 54.3. The number of carbonyl (C=O) groups excluding carboxylic acids is 4. The van der Waals surface area contributed by atoms with Crippen molar-refractivity contribution in [3.8, 4) is 0 Å². The fourth-order valence-corrected chi connectivity index (χ4v) is 6.01. The molecule has 9 nitrogen and oxygen atoms in total. The topological polar surface area (TPSA) is 108 Å². The third-order valence-electron chi connectivity index (χ3n) is 7.97. The Labute approximate surface area is 220 Å². The van der Waals surface area contributed by atoms with Gasteiger partial charge in [-0.05, 0) is 80.5 Å². The van der Waals surface area contributed by atoms with Crippen molar-refractivity contribution in [2.45, 2.75) is 63.6 Å². The summed E-state index contributed by atoms with van der Waals surface area (Å²) in [5, 5.41) is 5.18. The lowest BCUT2D eigenvalue weighted by atomic mass is 9.94. The first kappa shape index (κ1) is 25.7. The van der Waals surface area contributed by atoms with Crippen LogP contribution in [-0.4, -0.2) is 59.4 Å². The smallest absolute Gasteiger partial charge is 0.418 e. The van der Waals surface area contributed by atoms with Crippen LogP contribution in [0.1, 0.15) is 48.4 Å². The molecule has 2 aromatic rings. The van der Waals surface area contributed by atoms with Crippen molar-refractivity contribution in [2.24, 2.45) is 0 Å². The second kappa shape index (κ2) is 9.74. The quantitative estimate of drug-likeness (QED) is 0.624. The second-order valence-electron chi connectivity index (χ2n) is 10.3. The van der Waals surface area contributed by atoms with Crippen molar-refractivity contribution in [3.63, 3.8) is 0 Å². The van der Waals surface area contributed by atoms with E-state index in [1.165, 1.54) is 19.2 Å². The van der Waals surface area contributed by atoms with E-state index in [9.17, 15) is 23.6 Å². The van der Waals surface area contributed by atoms with Gasteiger partial charge in [0, 0.05) is 36.8 Å². The number of anilines is 1. The van der Waals surface area contributed by atoms with Crippen LogP contribution in [-0.2, 0) is 32.8 Å². The second-order valence-corrected chi connectivity index (χ2v) is 10.3. The van der Waals surface area contributed by atoms with Gasteiger partial charge in [0.15, 0.2) is 0 Å². The van der Waals surface area contributed by atoms with Crippen LogP contribution >= 0.6 is 0 Å². The van der Waals surface area contributed by atoms with Crippen molar-refractivity contribution >= 4 is 29.6 Å². The Hall–Kier alpha value is -3.95. The van der Waals surface area contributed by atoms with Crippen molar-refractivity contribution < 1.29 is 28.3 Å². The summed E-state index contributed by atoms with van der Waals surface area (Å²) in [5.74, 6) is -1.16. The molecule has 200 valence electrons. The predicted molar refractivity (Wildman–Crippen MR) is 137 cm³/mol. The number of fused-ring (bicyclic) bond motifs is 2. The Morgan fingerprint density at radius 2 is 1.95 bits per heavy atom.